The van der Waals surface area contributed by atoms with Crippen molar-refractivity contribution < 1.29 is 19.1 Å². The van der Waals surface area contributed by atoms with E-state index in [-0.39, 0.29) is 23.5 Å². The molecule has 0 atom stereocenters. The number of carbonyl (C=O) groups is 2. The second-order valence-corrected chi connectivity index (χ2v) is 3.79. The number of hydrogen-bond acceptors (Lipinski definition) is 6. The molecule has 0 spiro atoms. The number of fused-ring (bicyclic) bond motifs is 1. The van der Waals surface area contributed by atoms with Crippen molar-refractivity contribution in [1.82, 2.24) is 14.6 Å². The van der Waals surface area contributed by atoms with E-state index < -0.39 is 11.9 Å². The number of nitrogens with zero attached hydrogens (tertiary/aromatic N) is 3. The number of carbonyl (C=O) groups excluding carboxylic acids is 2. The van der Waals surface area contributed by atoms with Crippen LogP contribution in [0.25, 0.3) is 5.65 Å². The van der Waals surface area contributed by atoms with Gasteiger partial charge in [0.2, 0.25) is 0 Å². The fourth-order valence-electron chi connectivity index (χ4n) is 1.68. The Hall–Kier alpha value is -2.44. The van der Waals surface area contributed by atoms with Gasteiger partial charge >= 0.3 is 11.9 Å². The summed E-state index contributed by atoms with van der Waals surface area (Å²) in [6.45, 7) is 3.72. The maximum absolute atomic E-state index is 11.8. The summed E-state index contributed by atoms with van der Waals surface area (Å²) in [6.07, 6.45) is 1.37. The number of hydrogen-bond donors (Lipinski definition) is 0. The molecule has 0 aromatic carbocycles. The van der Waals surface area contributed by atoms with Crippen LogP contribution in [0, 0.1) is 6.92 Å². The zero-order valence-corrected chi connectivity index (χ0v) is 10.8. The second-order valence-electron chi connectivity index (χ2n) is 3.79. The minimum absolute atomic E-state index is 0.124. The van der Waals surface area contributed by atoms with Crippen molar-refractivity contribution in [2.45, 2.75) is 13.8 Å². The Morgan fingerprint density at radius 1 is 1.37 bits per heavy atom. The SMILES string of the molecule is CCOC(=O)c1cnn2c(C)cc(C(=O)OC)nc12. The largest absolute Gasteiger partial charge is 0.464 e. The Kier molecular flexibility index (Phi) is 3.46. The van der Waals surface area contributed by atoms with Crippen molar-refractivity contribution in [2.75, 3.05) is 13.7 Å². The zero-order valence-electron chi connectivity index (χ0n) is 10.8. The van der Waals surface area contributed by atoms with E-state index in [1.807, 2.05) is 0 Å². The smallest absolute Gasteiger partial charge is 0.356 e. The highest BCUT2D eigenvalue weighted by molar-refractivity contribution is 5.96. The first-order chi connectivity index (χ1) is 9.08. The molecule has 2 heterocycles. The Labute approximate surface area is 109 Å². The Bertz CT molecular complexity index is 648. The molecule has 0 unspecified atom stereocenters. The van der Waals surface area contributed by atoms with E-state index in [0.717, 1.165) is 0 Å². The third kappa shape index (κ3) is 2.26. The number of methoxy groups -OCH3 is 1. The van der Waals surface area contributed by atoms with Crippen LogP contribution in [0.2, 0.25) is 0 Å². The number of esters is 2. The molecule has 2 aromatic heterocycles. The molecular weight excluding hydrogens is 250 g/mol. The molecule has 2 rings (SSSR count). The van der Waals surface area contributed by atoms with Gasteiger partial charge in [0.1, 0.15) is 5.56 Å². The molecule has 0 aliphatic heterocycles. The fraction of sp³-hybridized carbons (Fsp3) is 0.333. The molecule has 0 N–H and O–H groups in total. The summed E-state index contributed by atoms with van der Waals surface area (Å²) < 4.78 is 11.0. The lowest BCUT2D eigenvalue weighted by molar-refractivity contribution is 0.0526. The molecule has 2 aromatic rings. The van der Waals surface area contributed by atoms with Gasteiger partial charge in [-0.2, -0.15) is 5.10 Å². The summed E-state index contributed by atoms with van der Waals surface area (Å²) in [5.74, 6) is -1.09. The quantitative estimate of drug-likeness (QED) is 0.768. The number of aryl methyl sites for hydroxylation is 1. The van der Waals surface area contributed by atoms with Gasteiger partial charge in [-0.25, -0.2) is 19.1 Å². The molecule has 0 saturated heterocycles. The molecule has 0 aliphatic rings. The molecule has 0 amide bonds. The molecule has 0 radical (unpaired) electrons. The van der Waals surface area contributed by atoms with Crippen molar-refractivity contribution in [1.29, 1.82) is 0 Å². The topological polar surface area (TPSA) is 82.8 Å². The van der Waals surface area contributed by atoms with Crippen LogP contribution in [0.5, 0.6) is 0 Å². The summed E-state index contributed by atoms with van der Waals surface area (Å²) in [5.41, 5.74) is 1.29. The van der Waals surface area contributed by atoms with Crippen LogP contribution in [-0.4, -0.2) is 40.3 Å². The summed E-state index contributed by atoms with van der Waals surface area (Å²) >= 11 is 0. The molecule has 0 aliphatic carbocycles. The first kappa shape index (κ1) is 13.0. The monoisotopic (exact) mass is 263 g/mol. The van der Waals surface area contributed by atoms with Gasteiger partial charge in [0.25, 0.3) is 0 Å². The highest BCUT2D eigenvalue weighted by Gasteiger charge is 2.19. The Morgan fingerprint density at radius 3 is 2.74 bits per heavy atom. The zero-order chi connectivity index (χ0) is 14.0. The van der Waals surface area contributed by atoms with Gasteiger partial charge in [0.05, 0.1) is 19.9 Å². The summed E-state index contributed by atoms with van der Waals surface area (Å²) in [5, 5.41) is 4.05. The van der Waals surface area contributed by atoms with Crippen LogP contribution in [0.1, 0.15) is 33.5 Å². The third-order valence-electron chi connectivity index (χ3n) is 2.54. The number of aromatic nitrogens is 3. The molecule has 0 bridgehead atoms. The van der Waals surface area contributed by atoms with E-state index >= 15 is 0 Å². The molecular formula is C12H13N3O4. The van der Waals surface area contributed by atoms with Gasteiger partial charge in [-0.15, -0.1) is 0 Å². The predicted octanol–water partition coefficient (Wildman–Crippen LogP) is 1.00. The molecule has 7 nitrogen and oxygen atoms in total. The molecule has 7 heteroatoms. The average molecular weight is 263 g/mol. The van der Waals surface area contributed by atoms with E-state index in [1.54, 1.807) is 19.9 Å². The first-order valence-electron chi connectivity index (χ1n) is 5.69. The lowest BCUT2D eigenvalue weighted by Crippen LogP contribution is -2.10. The van der Waals surface area contributed by atoms with Crippen LogP contribution in [-0.2, 0) is 9.47 Å². The lowest BCUT2D eigenvalue weighted by Gasteiger charge is -2.04. The van der Waals surface area contributed by atoms with Gasteiger partial charge in [-0.1, -0.05) is 0 Å². The van der Waals surface area contributed by atoms with Gasteiger partial charge in [-0.3, -0.25) is 0 Å². The predicted molar refractivity (Wildman–Crippen MR) is 65.0 cm³/mol. The van der Waals surface area contributed by atoms with Gasteiger partial charge in [0.15, 0.2) is 11.3 Å². The molecule has 19 heavy (non-hydrogen) atoms. The summed E-state index contributed by atoms with van der Waals surface area (Å²) in [6, 6.07) is 1.54. The van der Waals surface area contributed by atoms with Crippen molar-refractivity contribution in [2.24, 2.45) is 0 Å². The van der Waals surface area contributed by atoms with E-state index in [1.165, 1.54) is 17.8 Å². The van der Waals surface area contributed by atoms with Crippen molar-refractivity contribution >= 4 is 17.6 Å². The summed E-state index contributed by atoms with van der Waals surface area (Å²) in [4.78, 5) is 27.4. The van der Waals surface area contributed by atoms with Crippen molar-refractivity contribution in [3.63, 3.8) is 0 Å². The standard InChI is InChI=1S/C12H13N3O4/c1-4-19-11(16)8-6-13-15-7(2)5-9(12(17)18-3)14-10(8)15/h5-6H,4H2,1-3H3. The van der Waals surface area contributed by atoms with Crippen molar-refractivity contribution in [3.05, 3.63) is 29.2 Å². The lowest BCUT2D eigenvalue weighted by atomic mass is 10.3. The average Bonchev–Trinajstić information content (AvgIpc) is 2.82. The van der Waals surface area contributed by atoms with Gasteiger partial charge in [-0.05, 0) is 19.9 Å². The Balaban J connectivity index is 2.59. The van der Waals surface area contributed by atoms with Crippen LogP contribution < -0.4 is 0 Å². The maximum atomic E-state index is 11.8. The second kappa shape index (κ2) is 5.05. The number of ether oxygens (including phenoxy) is 2. The molecule has 0 saturated carbocycles. The highest BCUT2D eigenvalue weighted by atomic mass is 16.5. The highest BCUT2D eigenvalue weighted by Crippen LogP contribution is 2.13. The van der Waals surface area contributed by atoms with Crippen molar-refractivity contribution in [3.8, 4) is 0 Å². The fourth-order valence-corrected chi connectivity index (χ4v) is 1.68. The van der Waals surface area contributed by atoms with Gasteiger partial charge < -0.3 is 9.47 Å². The molecule has 100 valence electrons. The van der Waals surface area contributed by atoms with Gasteiger partial charge in [0, 0.05) is 5.69 Å². The minimum atomic E-state index is -0.568. The van der Waals surface area contributed by atoms with E-state index in [0.29, 0.717) is 5.69 Å². The normalized spacial score (nSPS) is 10.5. The van der Waals surface area contributed by atoms with Crippen LogP contribution >= 0.6 is 0 Å². The summed E-state index contributed by atoms with van der Waals surface area (Å²) in [7, 11) is 1.27. The van der Waals surface area contributed by atoms with E-state index in [4.69, 9.17) is 4.74 Å². The van der Waals surface area contributed by atoms with Crippen LogP contribution in [0.15, 0.2) is 12.3 Å². The third-order valence-corrected chi connectivity index (χ3v) is 2.54. The first-order valence-corrected chi connectivity index (χ1v) is 5.69. The molecule has 0 fully saturated rings. The Morgan fingerprint density at radius 2 is 2.11 bits per heavy atom. The van der Waals surface area contributed by atoms with Crippen LogP contribution in [0.3, 0.4) is 0 Å². The maximum Gasteiger partial charge on any atom is 0.356 e. The minimum Gasteiger partial charge on any atom is -0.464 e. The number of rotatable bonds is 3. The van der Waals surface area contributed by atoms with Crippen LogP contribution in [0.4, 0.5) is 0 Å². The van der Waals surface area contributed by atoms with E-state index in [9.17, 15) is 9.59 Å². The van der Waals surface area contributed by atoms with E-state index in [2.05, 4.69) is 14.8 Å².